The minimum absolute atomic E-state index is 0.0483. The van der Waals surface area contributed by atoms with Crippen molar-refractivity contribution in [3.8, 4) is 0 Å². The Kier molecular flexibility index (Phi) is 5.77. The molecule has 0 rings (SSSR count). The molecule has 2 unspecified atom stereocenters. The fourth-order valence-corrected chi connectivity index (χ4v) is 1.20. The van der Waals surface area contributed by atoms with Crippen molar-refractivity contribution in [3.05, 3.63) is 0 Å². The highest BCUT2D eigenvalue weighted by molar-refractivity contribution is 5.87. The molecule has 0 saturated heterocycles. The van der Waals surface area contributed by atoms with E-state index < -0.39 is 35.3 Å². The lowest BCUT2D eigenvalue weighted by molar-refractivity contribution is -0.142. The van der Waals surface area contributed by atoms with Crippen LogP contribution >= 0.6 is 0 Å². The summed E-state index contributed by atoms with van der Waals surface area (Å²) in [6.07, 6.45) is -0.157. The van der Waals surface area contributed by atoms with Crippen molar-refractivity contribution in [2.75, 3.05) is 0 Å². The largest absolute Gasteiger partial charge is 0.480 e. The molecule has 2 amide bonds. The van der Waals surface area contributed by atoms with Gasteiger partial charge in [-0.15, -0.1) is 0 Å². The quantitative estimate of drug-likeness (QED) is 0.495. The molecule has 0 aliphatic rings. The standard InChI is InChI=1S/C11H21N3O4/c1-11(2,3)8(13)9(16)14-6(10(17)18)4-5-7(12)15/h6,8H,4-5,13H2,1-3H3,(H2,12,15)(H,14,16)(H,17,18). The van der Waals surface area contributed by atoms with E-state index in [1.807, 2.05) is 0 Å². The summed E-state index contributed by atoms with van der Waals surface area (Å²) in [6, 6.07) is -1.98. The summed E-state index contributed by atoms with van der Waals surface area (Å²) in [7, 11) is 0. The first-order valence-corrected chi connectivity index (χ1v) is 5.62. The van der Waals surface area contributed by atoms with Gasteiger partial charge in [-0.25, -0.2) is 4.79 Å². The van der Waals surface area contributed by atoms with E-state index in [0.717, 1.165) is 0 Å². The predicted molar refractivity (Wildman–Crippen MR) is 65.4 cm³/mol. The number of carboxylic acid groups (broad SMARTS) is 1. The van der Waals surface area contributed by atoms with Crippen molar-refractivity contribution >= 4 is 17.8 Å². The van der Waals surface area contributed by atoms with E-state index >= 15 is 0 Å². The Bertz CT molecular complexity index is 336. The molecule has 0 aliphatic carbocycles. The van der Waals surface area contributed by atoms with Crippen LogP contribution in [0.1, 0.15) is 33.6 Å². The molecule has 0 bridgehead atoms. The molecule has 0 aromatic carbocycles. The summed E-state index contributed by atoms with van der Waals surface area (Å²) < 4.78 is 0. The Morgan fingerprint density at radius 3 is 2.11 bits per heavy atom. The third-order valence-electron chi connectivity index (χ3n) is 2.51. The Labute approximate surface area is 106 Å². The predicted octanol–water partition coefficient (Wildman–Crippen LogP) is -0.805. The summed E-state index contributed by atoms with van der Waals surface area (Å²) >= 11 is 0. The number of carbonyl (C=O) groups is 3. The van der Waals surface area contributed by atoms with Crippen LogP contribution in [0.5, 0.6) is 0 Å². The maximum Gasteiger partial charge on any atom is 0.326 e. The average Bonchev–Trinajstić information content (AvgIpc) is 2.20. The van der Waals surface area contributed by atoms with Crippen molar-refractivity contribution in [2.45, 2.75) is 45.7 Å². The molecule has 7 heteroatoms. The van der Waals surface area contributed by atoms with E-state index in [-0.39, 0.29) is 12.8 Å². The molecule has 6 N–H and O–H groups in total. The molecule has 0 fully saturated rings. The summed E-state index contributed by atoms with van der Waals surface area (Å²) in [6.45, 7) is 5.32. The number of nitrogens with two attached hydrogens (primary N) is 2. The second kappa shape index (κ2) is 6.34. The third-order valence-corrected chi connectivity index (χ3v) is 2.51. The molecule has 0 radical (unpaired) electrons. The van der Waals surface area contributed by atoms with Gasteiger partial charge >= 0.3 is 5.97 Å². The van der Waals surface area contributed by atoms with Crippen LogP contribution in [0.3, 0.4) is 0 Å². The highest BCUT2D eigenvalue weighted by atomic mass is 16.4. The van der Waals surface area contributed by atoms with E-state index in [0.29, 0.717) is 0 Å². The Hall–Kier alpha value is -1.63. The van der Waals surface area contributed by atoms with Crippen molar-refractivity contribution in [2.24, 2.45) is 16.9 Å². The molecule has 104 valence electrons. The lowest BCUT2D eigenvalue weighted by Crippen LogP contribution is -2.53. The van der Waals surface area contributed by atoms with Crippen LogP contribution in [0.2, 0.25) is 0 Å². The Balaban J connectivity index is 4.55. The van der Waals surface area contributed by atoms with Crippen LogP contribution in [0, 0.1) is 5.41 Å². The first-order chi connectivity index (χ1) is 8.05. The number of rotatable bonds is 6. The zero-order valence-electron chi connectivity index (χ0n) is 10.9. The van der Waals surface area contributed by atoms with Crippen LogP contribution in [0.25, 0.3) is 0 Å². The normalized spacial score (nSPS) is 14.7. The lowest BCUT2D eigenvalue weighted by Gasteiger charge is -2.27. The molecule has 0 saturated carbocycles. The average molecular weight is 259 g/mol. The maximum atomic E-state index is 11.7. The molecule has 7 nitrogen and oxygen atoms in total. The van der Waals surface area contributed by atoms with Gasteiger partial charge in [0.25, 0.3) is 0 Å². The number of amides is 2. The van der Waals surface area contributed by atoms with Gasteiger partial charge in [0.1, 0.15) is 6.04 Å². The van der Waals surface area contributed by atoms with E-state index in [9.17, 15) is 14.4 Å². The van der Waals surface area contributed by atoms with E-state index in [4.69, 9.17) is 16.6 Å². The minimum Gasteiger partial charge on any atom is -0.480 e. The number of hydrogen-bond acceptors (Lipinski definition) is 4. The minimum atomic E-state index is -1.22. The summed E-state index contributed by atoms with van der Waals surface area (Å²) in [5.74, 6) is -2.39. The van der Waals surface area contributed by atoms with Crippen molar-refractivity contribution in [3.63, 3.8) is 0 Å². The summed E-state index contributed by atoms with van der Waals surface area (Å²) in [5, 5.41) is 11.2. The first-order valence-electron chi connectivity index (χ1n) is 5.62. The van der Waals surface area contributed by atoms with Crippen LogP contribution in [-0.4, -0.2) is 35.0 Å². The second-order valence-electron chi connectivity index (χ2n) is 5.25. The number of aliphatic carboxylic acids is 1. The van der Waals surface area contributed by atoms with Crippen molar-refractivity contribution < 1.29 is 19.5 Å². The summed E-state index contributed by atoms with van der Waals surface area (Å²) in [4.78, 5) is 33.2. The molecule has 0 aromatic heterocycles. The SMILES string of the molecule is CC(C)(C)C(N)C(=O)NC(CCC(N)=O)C(=O)O. The molecular weight excluding hydrogens is 238 g/mol. The van der Waals surface area contributed by atoms with Gasteiger partial charge in [-0.3, -0.25) is 9.59 Å². The van der Waals surface area contributed by atoms with Gasteiger partial charge in [0.2, 0.25) is 11.8 Å². The molecular formula is C11H21N3O4. The number of carbonyl (C=O) groups excluding carboxylic acids is 2. The molecule has 0 aliphatic heterocycles. The molecule has 2 atom stereocenters. The fraction of sp³-hybridized carbons (Fsp3) is 0.727. The Morgan fingerprint density at radius 2 is 1.78 bits per heavy atom. The van der Waals surface area contributed by atoms with Crippen LogP contribution in [-0.2, 0) is 14.4 Å². The van der Waals surface area contributed by atoms with Gasteiger partial charge in [-0.05, 0) is 11.8 Å². The highest BCUT2D eigenvalue weighted by Gasteiger charge is 2.30. The number of primary amides is 1. The monoisotopic (exact) mass is 259 g/mol. The smallest absolute Gasteiger partial charge is 0.326 e. The van der Waals surface area contributed by atoms with E-state index in [2.05, 4.69) is 5.32 Å². The van der Waals surface area contributed by atoms with Gasteiger partial charge in [-0.1, -0.05) is 20.8 Å². The zero-order chi connectivity index (χ0) is 14.5. The van der Waals surface area contributed by atoms with Gasteiger partial charge in [0.05, 0.1) is 6.04 Å². The Morgan fingerprint density at radius 1 is 1.28 bits per heavy atom. The highest BCUT2D eigenvalue weighted by Crippen LogP contribution is 2.17. The van der Waals surface area contributed by atoms with E-state index in [1.165, 1.54) is 0 Å². The van der Waals surface area contributed by atoms with Gasteiger partial charge in [0, 0.05) is 6.42 Å². The maximum absolute atomic E-state index is 11.7. The van der Waals surface area contributed by atoms with Crippen LogP contribution in [0.15, 0.2) is 0 Å². The van der Waals surface area contributed by atoms with Gasteiger partial charge in [0.15, 0.2) is 0 Å². The molecule has 0 aromatic rings. The molecule has 0 heterocycles. The fourth-order valence-electron chi connectivity index (χ4n) is 1.20. The topological polar surface area (TPSA) is 136 Å². The first kappa shape index (κ1) is 16.4. The van der Waals surface area contributed by atoms with Crippen LogP contribution < -0.4 is 16.8 Å². The number of nitrogens with one attached hydrogen (secondary N) is 1. The van der Waals surface area contributed by atoms with E-state index in [1.54, 1.807) is 20.8 Å². The number of carboxylic acids is 1. The van der Waals surface area contributed by atoms with Gasteiger partial charge < -0.3 is 21.9 Å². The van der Waals surface area contributed by atoms with Crippen molar-refractivity contribution in [1.82, 2.24) is 5.32 Å². The summed E-state index contributed by atoms with van der Waals surface area (Å²) in [5.41, 5.74) is 10.2. The molecule has 18 heavy (non-hydrogen) atoms. The molecule has 0 spiro atoms. The second-order valence-corrected chi connectivity index (χ2v) is 5.25. The lowest BCUT2D eigenvalue weighted by atomic mass is 9.86. The van der Waals surface area contributed by atoms with Gasteiger partial charge in [-0.2, -0.15) is 0 Å². The third kappa shape index (κ3) is 5.62. The van der Waals surface area contributed by atoms with Crippen molar-refractivity contribution in [1.29, 1.82) is 0 Å². The zero-order valence-corrected chi connectivity index (χ0v) is 10.9. The van der Waals surface area contributed by atoms with Crippen LogP contribution in [0.4, 0.5) is 0 Å². The number of hydrogen-bond donors (Lipinski definition) is 4.